The van der Waals surface area contributed by atoms with Crippen LogP contribution in [-0.2, 0) is 11.2 Å². The van der Waals surface area contributed by atoms with Gasteiger partial charge in [-0.1, -0.05) is 24.6 Å². The summed E-state index contributed by atoms with van der Waals surface area (Å²) >= 11 is 5.79. The van der Waals surface area contributed by atoms with Gasteiger partial charge >= 0.3 is 0 Å². The van der Waals surface area contributed by atoms with Crippen LogP contribution in [0, 0.1) is 11.3 Å². The summed E-state index contributed by atoms with van der Waals surface area (Å²) in [5.74, 6) is -0.288. The Labute approximate surface area is 139 Å². The zero-order valence-corrected chi connectivity index (χ0v) is 13.4. The van der Waals surface area contributed by atoms with Gasteiger partial charge in [0.15, 0.2) is 5.78 Å². The van der Waals surface area contributed by atoms with Gasteiger partial charge < -0.3 is 5.32 Å². The fourth-order valence-electron chi connectivity index (χ4n) is 2.15. The highest BCUT2D eigenvalue weighted by Gasteiger charge is 2.12. The molecular formula is C18H15ClN2O2. The lowest BCUT2D eigenvalue weighted by atomic mass is 9.99. The highest BCUT2D eigenvalue weighted by Crippen LogP contribution is 2.16. The zero-order valence-electron chi connectivity index (χ0n) is 12.6. The smallest absolute Gasteiger partial charge is 0.228 e. The number of rotatable bonds is 5. The minimum absolute atomic E-state index is 0.0845. The molecule has 0 heterocycles. The number of nitrogens with zero attached hydrogens (tertiary/aromatic N) is 1. The number of benzene rings is 2. The second-order valence-corrected chi connectivity index (χ2v) is 5.44. The van der Waals surface area contributed by atoms with E-state index in [9.17, 15) is 9.59 Å². The molecule has 2 aromatic rings. The van der Waals surface area contributed by atoms with Crippen LogP contribution in [0.2, 0.25) is 5.02 Å². The van der Waals surface area contributed by atoms with Gasteiger partial charge in [-0.15, -0.1) is 0 Å². The molecule has 4 nitrogen and oxygen atoms in total. The Balaban J connectivity index is 2.10. The molecule has 2 aromatic carbocycles. The van der Waals surface area contributed by atoms with Crippen LogP contribution in [0.5, 0.6) is 0 Å². The van der Waals surface area contributed by atoms with Crippen molar-refractivity contribution >= 4 is 29.0 Å². The molecule has 2 rings (SSSR count). The van der Waals surface area contributed by atoms with Crippen molar-refractivity contribution < 1.29 is 9.59 Å². The van der Waals surface area contributed by atoms with E-state index in [0.29, 0.717) is 33.8 Å². The predicted molar refractivity (Wildman–Crippen MR) is 89.6 cm³/mol. The van der Waals surface area contributed by atoms with E-state index >= 15 is 0 Å². The fourth-order valence-corrected chi connectivity index (χ4v) is 2.28. The molecule has 0 saturated heterocycles. The molecule has 116 valence electrons. The number of anilines is 1. The van der Waals surface area contributed by atoms with E-state index in [1.165, 1.54) is 0 Å². The van der Waals surface area contributed by atoms with Crippen LogP contribution in [0.25, 0.3) is 0 Å². The van der Waals surface area contributed by atoms with Crippen LogP contribution in [0.4, 0.5) is 5.69 Å². The molecule has 0 bridgehead atoms. The topological polar surface area (TPSA) is 70.0 Å². The number of nitriles is 1. The average Bonchev–Trinajstić information content (AvgIpc) is 2.56. The van der Waals surface area contributed by atoms with Crippen molar-refractivity contribution in [3.8, 4) is 6.07 Å². The zero-order chi connectivity index (χ0) is 16.8. The Bertz CT molecular complexity index is 777. The highest BCUT2D eigenvalue weighted by molar-refractivity contribution is 6.30. The van der Waals surface area contributed by atoms with Gasteiger partial charge in [-0.3, -0.25) is 9.59 Å². The van der Waals surface area contributed by atoms with Crippen LogP contribution >= 0.6 is 11.6 Å². The van der Waals surface area contributed by atoms with Crippen molar-refractivity contribution in [1.82, 2.24) is 0 Å². The summed E-state index contributed by atoms with van der Waals surface area (Å²) in [5.41, 5.74) is 2.03. The molecule has 0 unspecified atom stereocenters. The van der Waals surface area contributed by atoms with Crippen molar-refractivity contribution in [3.05, 3.63) is 64.2 Å². The Hall–Kier alpha value is -2.64. The molecule has 0 aliphatic heterocycles. The third kappa shape index (κ3) is 4.41. The van der Waals surface area contributed by atoms with Gasteiger partial charge in [0, 0.05) is 22.7 Å². The van der Waals surface area contributed by atoms with Crippen LogP contribution < -0.4 is 5.32 Å². The van der Waals surface area contributed by atoms with Gasteiger partial charge in [-0.05, 0) is 42.0 Å². The molecule has 1 amide bonds. The van der Waals surface area contributed by atoms with E-state index < -0.39 is 0 Å². The summed E-state index contributed by atoms with van der Waals surface area (Å²) in [6.07, 6.45) is 0.461. The molecule has 0 spiro atoms. The van der Waals surface area contributed by atoms with Gasteiger partial charge in [-0.25, -0.2) is 0 Å². The third-order valence-corrected chi connectivity index (χ3v) is 3.57. The van der Waals surface area contributed by atoms with E-state index in [1.807, 2.05) is 6.07 Å². The lowest BCUT2D eigenvalue weighted by Gasteiger charge is -2.07. The van der Waals surface area contributed by atoms with Crippen LogP contribution in [-0.4, -0.2) is 11.7 Å². The van der Waals surface area contributed by atoms with Crippen LogP contribution in [0.1, 0.15) is 34.8 Å². The Morgan fingerprint density at radius 3 is 2.48 bits per heavy atom. The Morgan fingerprint density at radius 1 is 1.17 bits per heavy atom. The predicted octanol–water partition coefficient (Wildman–Crippen LogP) is 3.99. The first-order valence-corrected chi connectivity index (χ1v) is 7.53. The normalized spacial score (nSPS) is 9.96. The fraction of sp³-hybridized carbons (Fsp3) is 0.167. The maximum atomic E-state index is 12.0. The first kappa shape index (κ1) is 16.7. The number of carbonyl (C=O) groups excluding carboxylic acids is 2. The SMILES string of the molecule is CCC(=O)c1ccc(CC(=O)Nc2ccc(Cl)cc2)cc1C#N. The summed E-state index contributed by atoms with van der Waals surface area (Å²) in [6.45, 7) is 1.75. The van der Waals surface area contributed by atoms with Crippen LogP contribution in [0.3, 0.4) is 0 Å². The van der Waals surface area contributed by atoms with Crippen molar-refractivity contribution in [1.29, 1.82) is 5.26 Å². The maximum Gasteiger partial charge on any atom is 0.228 e. The summed E-state index contributed by atoms with van der Waals surface area (Å²) in [4.78, 5) is 23.8. The maximum absolute atomic E-state index is 12.0. The van der Waals surface area contributed by atoms with Crippen molar-refractivity contribution in [2.45, 2.75) is 19.8 Å². The summed E-state index contributed by atoms with van der Waals surface area (Å²) in [6, 6.07) is 13.7. The molecule has 0 aromatic heterocycles. The van der Waals surface area contributed by atoms with E-state index in [-0.39, 0.29) is 18.1 Å². The number of ketones is 1. The van der Waals surface area contributed by atoms with E-state index in [2.05, 4.69) is 5.32 Å². The van der Waals surface area contributed by atoms with Crippen LogP contribution in [0.15, 0.2) is 42.5 Å². The van der Waals surface area contributed by atoms with Gasteiger partial charge in [-0.2, -0.15) is 5.26 Å². The molecule has 0 radical (unpaired) electrons. The minimum Gasteiger partial charge on any atom is -0.326 e. The summed E-state index contributed by atoms with van der Waals surface area (Å²) in [5, 5.41) is 12.5. The van der Waals surface area contributed by atoms with Crippen molar-refractivity contribution in [2.24, 2.45) is 0 Å². The van der Waals surface area contributed by atoms with Gasteiger partial charge in [0.25, 0.3) is 0 Å². The van der Waals surface area contributed by atoms with E-state index in [1.54, 1.807) is 49.4 Å². The van der Waals surface area contributed by atoms with E-state index in [4.69, 9.17) is 16.9 Å². The summed E-state index contributed by atoms with van der Waals surface area (Å²) < 4.78 is 0. The largest absolute Gasteiger partial charge is 0.326 e. The second kappa shape index (κ2) is 7.57. The molecular weight excluding hydrogens is 312 g/mol. The number of hydrogen-bond donors (Lipinski definition) is 1. The van der Waals surface area contributed by atoms with E-state index in [0.717, 1.165) is 0 Å². The number of halogens is 1. The monoisotopic (exact) mass is 326 g/mol. The molecule has 1 N–H and O–H groups in total. The van der Waals surface area contributed by atoms with Gasteiger partial charge in [0.1, 0.15) is 0 Å². The number of carbonyl (C=O) groups is 2. The third-order valence-electron chi connectivity index (χ3n) is 3.32. The molecule has 0 atom stereocenters. The lowest BCUT2D eigenvalue weighted by molar-refractivity contribution is -0.115. The van der Waals surface area contributed by atoms with Gasteiger partial charge in [0.2, 0.25) is 5.91 Å². The van der Waals surface area contributed by atoms with Crippen molar-refractivity contribution in [2.75, 3.05) is 5.32 Å². The van der Waals surface area contributed by atoms with Crippen molar-refractivity contribution in [3.63, 3.8) is 0 Å². The molecule has 0 fully saturated rings. The molecule has 5 heteroatoms. The Kier molecular flexibility index (Phi) is 5.51. The number of nitrogens with one attached hydrogen (secondary N) is 1. The highest BCUT2D eigenvalue weighted by atomic mass is 35.5. The molecule has 0 saturated carbocycles. The number of Topliss-reactive ketones (excluding diaryl/α,β-unsaturated/α-hetero) is 1. The average molecular weight is 327 g/mol. The standard InChI is InChI=1S/C18H15ClN2O2/c1-2-17(22)16-8-3-12(9-13(16)11-20)10-18(23)21-15-6-4-14(19)5-7-15/h3-9H,2,10H2,1H3,(H,21,23). The van der Waals surface area contributed by atoms with Gasteiger partial charge in [0.05, 0.1) is 18.1 Å². The minimum atomic E-state index is -0.203. The second-order valence-electron chi connectivity index (χ2n) is 5.00. The molecule has 0 aliphatic rings. The molecule has 23 heavy (non-hydrogen) atoms. The first-order chi connectivity index (χ1) is 11.0. The number of amides is 1. The lowest BCUT2D eigenvalue weighted by Crippen LogP contribution is -2.14. The number of hydrogen-bond acceptors (Lipinski definition) is 3. The Morgan fingerprint density at radius 2 is 1.87 bits per heavy atom. The molecule has 0 aliphatic carbocycles. The summed E-state index contributed by atoms with van der Waals surface area (Å²) in [7, 11) is 0. The first-order valence-electron chi connectivity index (χ1n) is 7.15. The quantitative estimate of drug-likeness (QED) is 0.845.